The highest BCUT2D eigenvalue weighted by atomic mass is 32.2. The van der Waals surface area contributed by atoms with Gasteiger partial charge in [0.25, 0.3) is 0 Å². The zero-order valence-electron chi connectivity index (χ0n) is 23.4. The molecule has 1 fully saturated rings. The Balaban J connectivity index is 0.000000520. The first-order chi connectivity index (χ1) is 18.6. The minimum absolute atomic E-state index is 0.198. The number of rotatable bonds is 14. The number of ether oxygens (including phenoxy) is 1. The number of hydrogen-bond acceptors (Lipinski definition) is 10. The van der Waals surface area contributed by atoms with Gasteiger partial charge in [0.15, 0.2) is 5.60 Å². The Labute approximate surface area is 238 Å². The van der Waals surface area contributed by atoms with E-state index < -0.39 is 36.4 Å². The van der Waals surface area contributed by atoms with E-state index in [1.54, 1.807) is 0 Å². The Morgan fingerprint density at radius 3 is 1.98 bits per heavy atom. The van der Waals surface area contributed by atoms with Crippen LogP contribution in [0.15, 0.2) is 28.8 Å². The molecule has 0 amide bonds. The van der Waals surface area contributed by atoms with E-state index in [1.807, 2.05) is 19.1 Å². The van der Waals surface area contributed by atoms with Gasteiger partial charge in [0.05, 0.1) is 25.4 Å². The zero-order valence-corrected chi connectivity index (χ0v) is 24.2. The molecule has 0 bridgehead atoms. The van der Waals surface area contributed by atoms with Crippen LogP contribution in [-0.2, 0) is 30.3 Å². The third-order valence-electron chi connectivity index (χ3n) is 6.69. The lowest BCUT2D eigenvalue weighted by Crippen LogP contribution is -2.42. The largest absolute Gasteiger partial charge is 0.481 e. The van der Waals surface area contributed by atoms with Gasteiger partial charge in [-0.1, -0.05) is 38.1 Å². The maximum Gasteiger partial charge on any atom is 0.336 e. The van der Waals surface area contributed by atoms with Crippen LogP contribution in [0.5, 0.6) is 0 Å². The Kier molecular flexibility index (Phi) is 14.2. The summed E-state index contributed by atoms with van der Waals surface area (Å²) in [5, 5.41) is 33.8. The minimum Gasteiger partial charge on any atom is -0.481 e. The topological polar surface area (TPSA) is 191 Å². The first-order valence-electron chi connectivity index (χ1n) is 13.0. The molecule has 12 nitrogen and oxygen atoms in total. The standard InChI is InChI=1S/C21H32N2O3S.C6H8O7/c1-16(2)15-18-5-7-19(8-6-18)17(3)20(24)26-14-11-21(27-22-25)9-12-23(4)13-10-21;7-3(8)1-6(13,5(11)12)2-4(9)10/h5-8,16-17H,9-15H2,1-4H3;13H,1-2H2,(H,7,8)(H,9,10)(H,11,12). The van der Waals surface area contributed by atoms with E-state index in [2.05, 4.69) is 42.5 Å². The molecule has 1 heterocycles. The lowest BCUT2D eigenvalue weighted by Gasteiger charge is -2.37. The number of aliphatic hydroxyl groups is 1. The number of esters is 1. The summed E-state index contributed by atoms with van der Waals surface area (Å²) in [7, 11) is 2.08. The van der Waals surface area contributed by atoms with E-state index in [9.17, 15) is 24.1 Å². The second-order valence-corrected chi connectivity index (χ2v) is 11.8. The summed E-state index contributed by atoms with van der Waals surface area (Å²) in [6.07, 6.45) is 1.21. The van der Waals surface area contributed by atoms with Crippen molar-refractivity contribution in [1.29, 1.82) is 0 Å². The molecule has 4 N–H and O–H groups in total. The normalized spacial score (nSPS) is 15.8. The number of carbonyl (C=O) groups excluding carboxylic acids is 1. The molecular weight excluding hydrogens is 544 g/mol. The van der Waals surface area contributed by atoms with Gasteiger partial charge in [-0.05, 0) is 69.8 Å². The third kappa shape index (κ3) is 12.0. The summed E-state index contributed by atoms with van der Waals surface area (Å²) in [4.78, 5) is 56.0. The molecule has 1 unspecified atom stereocenters. The van der Waals surface area contributed by atoms with Gasteiger partial charge in [-0.25, -0.2) is 4.79 Å². The average Bonchev–Trinajstić information content (AvgIpc) is 2.85. The minimum atomic E-state index is -2.74. The van der Waals surface area contributed by atoms with Gasteiger partial charge in [0.1, 0.15) is 0 Å². The smallest absolute Gasteiger partial charge is 0.336 e. The number of likely N-dealkylation sites (tertiary alicyclic amines) is 1. The van der Waals surface area contributed by atoms with Gasteiger partial charge in [0, 0.05) is 21.3 Å². The summed E-state index contributed by atoms with van der Waals surface area (Å²) in [5.41, 5.74) is -0.472. The van der Waals surface area contributed by atoms with Crippen molar-refractivity contribution in [2.75, 3.05) is 26.7 Å². The summed E-state index contributed by atoms with van der Waals surface area (Å²) in [5.74, 6) is -4.90. The number of nitrogens with zero attached hydrogens (tertiary/aromatic N) is 2. The number of aliphatic carboxylic acids is 3. The molecule has 40 heavy (non-hydrogen) atoms. The van der Waals surface area contributed by atoms with Crippen LogP contribution in [0.4, 0.5) is 0 Å². The van der Waals surface area contributed by atoms with E-state index in [0.717, 1.165) is 49.9 Å². The first kappa shape index (κ1) is 35.0. The molecule has 1 atom stereocenters. The molecule has 0 aliphatic carbocycles. The molecule has 0 radical (unpaired) electrons. The lowest BCUT2D eigenvalue weighted by atomic mass is 9.93. The summed E-state index contributed by atoms with van der Waals surface area (Å²) in [6, 6.07) is 8.24. The number of piperidine rings is 1. The predicted molar refractivity (Wildman–Crippen MR) is 149 cm³/mol. The number of nitroso groups, excluding NO2 is 1. The van der Waals surface area contributed by atoms with Crippen molar-refractivity contribution in [2.24, 2.45) is 10.5 Å². The van der Waals surface area contributed by atoms with Crippen molar-refractivity contribution in [3.8, 4) is 0 Å². The third-order valence-corrected chi connectivity index (χ3v) is 7.77. The molecule has 1 aromatic rings. The molecule has 1 aromatic carbocycles. The van der Waals surface area contributed by atoms with Crippen molar-refractivity contribution >= 4 is 35.8 Å². The zero-order chi connectivity index (χ0) is 30.5. The first-order valence-corrected chi connectivity index (χ1v) is 13.7. The Morgan fingerprint density at radius 2 is 1.55 bits per heavy atom. The van der Waals surface area contributed by atoms with Crippen LogP contribution in [0.25, 0.3) is 0 Å². The Bertz CT molecular complexity index is 991. The number of benzene rings is 1. The molecule has 1 aliphatic heterocycles. The van der Waals surface area contributed by atoms with Crippen molar-refractivity contribution in [3.63, 3.8) is 0 Å². The fraction of sp³-hybridized carbons (Fsp3) is 0.630. The van der Waals surface area contributed by atoms with Crippen molar-refractivity contribution < 1.29 is 44.3 Å². The molecule has 2 rings (SSSR count). The van der Waals surface area contributed by atoms with Crippen LogP contribution in [-0.4, -0.2) is 86.3 Å². The number of hydrogen-bond donors (Lipinski definition) is 4. The maximum absolute atomic E-state index is 12.4. The fourth-order valence-electron chi connectivity index (χ4n) is 4.22. The highest BCUT2D eigenvalue weighted by Gasteiger charge is 2.41. The van der Waals surface area contributed by atoms with Gasteiger partial charge in [-0.15, -0.1) is 4.91 Å². The molecule has 13 heteroatoms. The molecular formula is C27H40N2O10S. The van der Waals surface area contributed by atoms with Crippen LogP contribution in [0.3, 0.4) is 0 Å². The lowest BCUT2D eigenvalue weighted by molar-refractivity contribution is -0.170. The van der Waals surface area contributed by atoms with Gasteiger partial charge in [0.2, 0.25) is 0 Å². The van der Waals surface area contributed by atoms with Crippen molar-refractivity contribution in [2.45, 2.75) is 75.6 Å². The van der Waals surface area contributed by atoms with Gasteiger partial charge in [-0.3, -0.25) is 14.4 Å². The van der Waals surface area contributed by atoms with E-state index in [1.165, 1.54) is 5.56 Å². The monoisotopic (exact) mass is 584 g/mol. The van der Waals surface area contributed by atoms with Crippen molar-refractivity contribution in [1.82, 2.24) is 4.90 Å². The van der Waals surface area contributed by atoms with Crippen LogP contribution < -0.4 is 0 Å². The Hall–Kier alpha value is -3.03. The van der Waals surface area contributed by atoms with Crippen LogP contribution in [0, 0.1) is 10.8 Å². The summed E-state index contributed by atoms with van der Waals surface area (Å²) in [6.45, 7) is 8.49. The SMILES string of the molecule is CC(C)Cc1ccc(C(C)C(=O)OCCC2(SN=O)CCN(C)CC2)cc1.O=C(O)CC(O)(CC(=O)O)C(=O)O. The molecule has 1 aliphatic rings. The van der Waals surface area contributed by atoms with E-state index in [0.29, 0.717) is 18.9 Å². The second-order valence-electron chi connectivity index (χ2n) is 10.6. The summed E-state index contributed by atoms with van der Waals surface area (Å²) < 4.78 is 8.42. The van der Waals surface area contributed by atoms with E-state index in [-0.39, 0.29) is 16.6 Å². The number of carbonyl (C=O) groups is 4. The Morgan fingerprint density at radius 1 is 1.02 bits per heavy atom. The number of carboxylic acid groups (broad SMARTS) is 3. The van der Waals surface area contributed by atoms with Gasteiger partial charge < -0.3 is 30.1 Å². The molecule has 0 spiro atoms. The molecule has 224 valence electrons. The average molecular weight is 585 g/mol. The van der Waals surface area contributed by atoms with E-state index in [4.69, 9.17) is 25.2 Å². The highest BCUT2D eigenvalue weighted by molar-refractivity contribution is 7.99. The van der Waals surface area contributed by atoms with E-state index >= 15 is 0 Å². The fourth-order valence-corrected chi connectivity index (χ4v) is 4.92. The van der Waals surface area contributed by atoms with Crippen LogP contribution in [0.1, 0.15) is 69.9 Å². The summed E-state index contributed by atoms with van der Waals surface area (Å²) >= 11 is 1.12. The second kappa shape index (κ2) is 16.3. The highest BCUT2D eigenvalue weighted by Crippen LogP contribution is 2.39. The number of carboxylic acids is 3. The molecule has 0 aromatic heterocycles. The maximum atomic E-state index is 12.4. The van der Waals surface area contributed by atoms with Gasteiger partial charge in [-0.2, -0.15) is 0 Å². The quantitative estimate of drug-likeness (QED) is 0.141. The van der Waals surface area contributed by atoms with Crippen LogP contribution in [0.2, 0.25) is 0 Å². The van der Waals surface area contributed by atoms with Crippen LogP contribution >= 0.6 is 11.9 Å². The molecule has 0 saturated carbocycles. The predicted octanol–water partition coefficient (Wildman–Crippen LogP) is 3.55. The van der Waals surface area contributed by atoms with Gasteiger partial charge >= 0.3 is 23.9 Å². The van der Waals surface area contributed by atoms with Crippen molar-refractivity contribution in [3.05, 3.63) is 40.3 Å². The molecule has 1 saturated heterocycles.